The van der Waals surface area contributed by atoms with Crippen molar-refractivity contribution in [3.8, 4) is 23.6 Å². The molecule has 4 fully saturated rings. The van der Waals surface area contributed by atoms with Gasteiger partial charge in [0, 0.05) is 44.3 Å². The van der Waals surface area contributed by atoms with Crippen LogP contribution in [0.2, 0.25) is 0 Å². The van der Waals surface area contributed by atoms with Gasteiger partial charge in [-0.25, -0.2) is 0 Å². The average Bonchev–Trinajstić information content (AvgIpc) is 3.72. The first-order valence-corrected chi connectivity index (χ1v) is 15.5. The number of hydrogen-bond donors (Lipinski definition) is 0. The zero-order valence-corrected chi connectivity index (χ0v) is 23.5. The van der Waals surface area contributed by atoms with Gasteiger partial charge in [0.2, 0.25) is 0 Å². The SMILES string of the molecule is N#Cc1ccc2c(c1)CC1(CCC3CCCN3CC1)O2.N#Cc1ccc2c(c1)CC1(CCCN3CCCC3C1)O2. The number of nitriles is 2. The fraction of sp³-hybridized carbons (Fsp3) is 0.588. The summed E-state index contributed by atoms with van der Waals surface area (Å²) in [4.78, 5) is 5.31. The van der Waals surface area contributed by atoms with E-state index in [1.54, 1.807) is 0 Å². The minimum Gasteiger partial charge on any atom is -0.487 e. The Balaban J connectivity index is 0.000000132. The Morgan fingerprint density at radius 1 is 0.650 bits per heavy atom. The van der Waals surface area contributed by atoms with Crippen LogP contribution < -0.4 is 9.47 Å². The summed E-state index contributed by atoms with van der Waals surface area (Å²) in [7, 11) is 0. The molecule has 0 amide bonds. The molecular formula is C34H40N4O2. The normalized spacial score (nSPS) is 32.2. The molecule has 4 atom stereocenters. The van der Waals surface area contributed by atoms with E-state index in [-0.39, 0.29) is 11.2 Å². The van der Waals surface area contributed by atoms with E-state index in [9.17, 15) is 0 Å². The van der Waals surface area contributed by atoms with E-state index in [2.05, 4.69) is 21.9 Å². The third-order valence-electron chi connectivity index (χ3n) is 10.5. The third kappa shape index (κ3) is 4.87. The van der Waals surface area contributed by atoms with E-state index in [0.717, 1.165) is 67.2 Å². The topological polar surface area (TPSA) is 72.5 Å². The van der Waals surface area contributed by atoms with Crippen molar-refractivity contribution in [2.24, 2.45) is 0 Å². The van der Waals surface area contributed by atoms with E-state index in [0.29, 0.717) is 6.04 Å². The quantitative estimate of drug-likeness (QED) is 0.426. The second-order valence-corrected chi connectivity index (χ2v) is 13.1. The Bertz CT molecular complexity index is 1340. The van der Waals surface area contributed by atoms with Crippen molar-refractivity contribution >= 4 is 0 Å². The van der Waals surface area contributed by atoms with Gasteiger partial charge in [-0.1, -0.05) is 0 Å². The van der Waals surface area contributed by atoms with Gasteiger partial charge >= 0.3 is 0 Å². The molecule has 6 aliphatic heterocycles. The summed E-state index contributed by atoms with van der Waals surface area (Å²) < 4.78 is 12.7. The molecule has 6 heteroatoms. The zero-order valence-electron chi connectivity index (χ0n) is 23.5. The highest BCUT2D eigenvalue weighted by atomic mass is 16.5. The van der Waals surface area contributed by atoms with E-state index >= 15 is 0 Å². The van der Waals surface area contributed by atoms with Gasteiger partial charge in [-0.3, -0.25) is 0 Å². The first-order valence-electron chi connectivity index (χ1n) is 15.5. The largest absolute Gasteiger partial charge is 0.487 e. The van der Waals surface area contributed by atoms with Gasteiger partial charge in [0.15, 0.2) is 0 Å². The number of nitrogens with zero attached hydrogens (tertiary/aromatic N) is 4. The van der Waals surface area contributed by atoms with Crippen LogP contribution in [-0.2, 0) is 12.8 Å². The van der Waals surface area contributed by atoms with Crippen LogP contribution in [0.25, 0.3) is 0 Å². The van der Waals surface area contributed by atoms with Crippen LogP contribution in [0.5, 0.6) is 11.5 Å². The molecule has 2 aromatic rings. The highest BCUT2D eigenvalue weighted by Crippen LogP contribution is 2.45. The van der Waals surface area contributed by atoms with E-state index in [4.69, 9.17) is 20.0 Å². The fourth-order valence-electron chi connectivity index (χ4n) is 8.51. The van der Waals surface area contributed by atoms with E-state index < -0.39 is 0 Å². The van der Waals surface area contributed by atoms with Crippen LogP contribution in [0.1, 0.15) is 86.5 Å². The zero-order chi connectivity index (χ0) is 27.2. The van der Waals surface area contributed by atoms with Crippen LogP contribution in [-0.4, -0.2) is 59.3 Å². The molecule has 4 unspecified atom stereocenters. The maximum absolute atomic E-state index is 9.04. The van der Waals surface area contributed by atoms with Gasteiger partial charge in [-0.2, -0.15) is 10.5 Å². The predicted octanol–water partition coefficient (Wildman–Crippen LogP) is 5.76. The summed E-state index contributed by atoms with van der Waals surface area (Å²) in [5.74, 6) is 2.02. The first-order chi connectivity index (χ1) is 19.6. The summed E-state index contributed by atoms with van der Waals surface area (Å²) in [5, 5.41) is 18.1. The summed E-state index contributed by atoms with van der Waals surface area (Å²) >= 11 is 0. The molecule has 0 aromatic heterocycles. The molecule has 0 aliphatic carbocycles. The van der Waals surface area contributed by atoms with Crippen molar-refractivity contribution in [3.63, 3.8) is 0 Å². The molecule has 6 heterocycles. The number of fused-ring (bicyclic) bond motifs is 4. The molecule has 2 aromatic carbocycles. The molecule has 0 radical (unpaired) electrons. The Hall–Kier alpha value is -3.06. The summed E-state index contributed by atoms with van der Waals surface area (Å²) in [5.41, 5.74) is 3.96. The van der Waals surface area contributed by atoms with Gasteiger partial charge in [-0.15, -0.1) is 0 Å². The van der Waals surface area contributed by atoms with Gasteiger partial charge in [0.1, 0.15) is 22.7 Å². The highest BCUT2D eigenvalue weighted by molar-refractivity contribution is 5.47. The smallest absolute Gasteiger partial charge is 0.123 e. The predicted molar refractivity (Wildman–Crippen MR) is 153 cm³/mol. The Morgan fingerprint density at radius 2 is 1.25 bits per heavy atom. The minimum absolute atomic E-state index is 0.000168. The summed E-state index contributed by atoms with van der Waals surface area (Å²) in [6, 6.07) is 17.7. The number of rotatable bonds is 0. The third-order valence-corrected chi connectivity index (χ3v) is 10.5. The Labute approximate surface area is 238 Å². The number of ether oxygens (including phenoxy) is 2. The molecule has 6 aliphatic rings. The number of hydrogen-bond acceptors (Lipinski definition) is 6. The fourth-order valence-corrected chi connectivity index (χ4v) is 8.51. The van der Waals surface area contributed by atoms with Crippen LogP contribution in [0.4, 0.5) is 0 Å². The molecule has 208 valence electrons. The van der Waals surface area contributed by atoms with Crippen LogP contribution in [0.15, 0.2) is 36.4 Å². The molecule has 2 spiro atoms. The maximum Gasteiger partial charge on any atom is 0.123 e. The van der Waals surface area contributed by atoms with E-state index in [1.165, 1.54) is 75.8 Å². The van der Waals surface area contributed by atoms with Gasteiger partial charge in [0.05, 0.1) is 23.3 Å². The molecular weight excluding hydrogens is 496 g/mol. The lowest BCUT2D eigenvalue weighted by atomic mass is 9.86. The maximum atomic E-state index is 9.04. The van der Waals surface area contributed by atoms with Crippen molar-refractivity contribution in [2.45, 2.75) is 100 Å². The summed E-state index contributed by atoms with van der Waals surface area (Å²) in [6.07, 6.45) is 14.4. The molecule has 40 heavy (non-hydrogen) atoms. The van der Waals surface area contributed by atoms with Crippen LogP contribution in [0, 0.1) is 22.7 Å². The van der Waals surface area contributed by atoms with Crippen molar-refractivity contribution in [1.82, 2.24) is 9.80 Å². The second-order valence-electron chi connectivity index (χ2n) is 13.1. The highest BCUT2D eigenvalue weighted by Gasteiger charge is 2.45. The molecule has 0 bridgehead atoms. The van der Waals surface area contributed by atoms with E-state index in [1.807, 2.05) is 36.4 Å². The molecule has 8 rings (SSSR count). The second kappa shape index (κ2) is 10.4. The van der Waals surface area contributed by atoms with Crippen molar-refractivity contribution < 1.29 is 9.47 Å². The van der Waals surface area contributed by atoms with Crippen LogP contribution >= 0.6 is 0 Å². The number of benzene rings is 2. The van der Waals surface area contributed by atoms with Crippen molar-refractivity contribution in [2.75, 3.05) is 26.2 Å². The lowest BCUT2D eigenvalue weighted by Gasteiger charge is -2.30. The van der Waals surface area contributed by atoms with Gasteiger partial charge in [-0.05, 0) is 119 Å². The van der Waals surface area contributed by atoms with Crippen molar-refractivity contribution in [1.29, 1.82) is 10.5 Å². The molecule has 0 saturated carbocycles. The lowest BCUT2D eigenvalue weighted by molar-refractivity contribution is 0.0649. The Morgan fingerprint density at radius 3 is 1.95 bits per heavy atom. The monoisotopic (exact) mass is 536 g/mol. The molecule has 4 saturated heterocycles. The standard InChI is InChI=1S/2C17H20N2O/c18-12-13-4-5-16-14(9-13)10-17(20-16)6-2-8-19-7-1-3-15(19)11-17;18-12-13-3-4-16-14(10-13)11-17(20-16)6-5-15-2-1-8-19(15)9-7-17/h4-5,9,15H,1-3,6-8,10-11H2;3-4,10,15H,1-2,5-9,11H2. The van der Waals surface area contributed by atoms with Crippen molar-refractivity contribution in [3.05, 3.63) is 58.7 Å². The van der Waals surface area contributed by atoms with Gasteiger partial charge < -0.3 is 19.3 Å². The first kappa shape index (κ1) is 25.9. The van der Waals surface area contributed by atoms with Crippen LogP contribution in [0.3, 0.4) is 0 Å². The minimum atomic E-state index is 0.000168. The molecule has 6 nitrogen and oxygen atoms in total. The molecule has 0 N–H and O–H groups in total. The lowest BCUT2D eigenvalue weighted by Crippen LogP contribution is -2.39. The van der Waals surface area contributed by atoms with Gasteiger partial charge in [0.25, 0.3) is 0 Å². The summed E-state index contributed by atoms with van der Waals surface area (Å²) in [6.45, 7) is 4.94. The average molecular weight is 537 g/mol. The Kier molecular flexibility index (Phi) is 6.73.